The second-order valence-electron chi connectivity index (χ2n) is 11.9. The van der Waals surface area contributed by atoms with Crippen LogP contribution in [0.1, 0.15) is 41.4 Å². The third-order valence-corrected chi connectivity index (χ3v) is 8.98. The zero-order valence-electron chi connectivity index (χ0n) is 25.9. The maximum Gasteiger partial charge on any atom is 0.263 e. The van der Waals surface area contributed by atoms with Gasteiger partial charge in [0, 0.05) is 75.6 Å². The molecule has 1 amide bonds. The molecular weight excluding hydrogens is 554 g/mol. The Bertz CT molecular complexity index is 1630. The molecule has 2 aromatic heterocycles. The number of fused-ring (bicyclic) bond motifs is 1. The molecule has 0 saturated carbocycles. The maximum atomic E-state index is 13.7. The van der Waals surface area contributed by atoms with Crippen molar-refractivity contribution in [3.05, 3.63) is 84.1 Å². The summed E-state index contributed by atoms with van der Waals surface area (Å²) < 4.78 is 2.02. The number of likely N-dealkylation sites (tertiary alicyclic amines) is 1. The van der Waals surface area contributed by atoms with Crippen LogP contribution < -0.4 is 15.1 Å². The first kappa shape index (κ1) is 29.6. The van der Waals surface area contributed by atoms with Gasteiger partial charge in [0.15, 0.2) is 0 Å². The standard InChI is InChI=1S/C33H41N9O2/c1-5-34-32-35-20-29-30(37-32)39(4)16-17-42(31(29)44)27-10-7-9-26(19-27)41-22-25(36-23-41)21-40-14-12-33(13-15-40,38(2)3)24-8-6-11-28(43)18-24/h6-11,18-20,22-23,43H,5,12-17,21H2,1-4H3,(H,34,35,37). The van der Waals surface area contributed by atoms with E-state index in [2.05, 4.69) is 51.4 Å². The number of rotatable bonds is 8. The van der Waals surface area contributed by atoms with Crippen LogP contribution in [0.25, 0.3) is 5.69 Å². The first-order valence-corrected chi connectivity index (χ1v) is 15.2. The number of aromatic hydroxyl groups is 1. The molecular formula is C33H41N9O2. The van der Waals surface area contributed by atoms with E-state index in [1.165, 1.54) is 0 Å². The quantitative estimate of drug-likeness (QED) is 0.313. The molecule has 1 fully saturated rings. The minimum atomic E-state index is -0.111. The molecule has 0 radical (unpaired) electrons. The summed E-state index contributed by atoms with van der Waals surface area (Å²) in [6.07, 6.45) is 7.48. The van der Waals surface area contributed by atoms with Gasteiger partial charge >= 0.3 is 0 Å². The summed E-state index contributed by atoms with van der Waals surface area (Å²) in [6.45, 7) is 6.51. The summed E-state index contributed by atoms with van der Waals surface area (Å²) in [4.78, 5) is 35.9. The molecule has 0 spiro atoms. The lowest BCUT2D eigenvalue weighted by Gasteiger charge is -2.46. The third-order valence-electron chi connectivity index (χ3n) is 8.98. The Kier molecular flexibility index (Phi) is 8.24. The molecule has 1 saturated heterocycles. The first-order valence-electron chi connectivity index (χ1n) is 15.2. The van der Waals surface area contributed by atoms with E-state index in [1.54, 1.807) is 17.2 Å². The fourth-order valence-electron chi connectivity index (χ4n) is 6.41. The van der Waals surface area contributed by atoms with Crippen molar-refractivity contribution >= 4 is 23.4 Å². The van der Waals surface area contributed by atoms with Crippen molar-refractivity contribution in [3.63, 3.8) is 0 Å². The van der Waals surface area contributed by atoms with Gasteiger partial charge in [-0.3, -0.25) is 14.6 Å². The fourth-order valence-corrected chi connectivity index (χ4v) is 6.41. The number of nitrogens with zero attached hydrogens (tertiary/aromatic N) is 8. The van der Waals surface area contributed by atoms with Crippen LogP contribution in [-0.4, -0.2) is 94.2 Å². The number of aromatic nitrogens is 4. The number of benzene rings is 2. The van der Waals surface area contributed by atoms with Gasteiger partial charge in [-0.1, -0.05) is 18.2 Å². The van der Waals surface area contributed by atoms with Crippen LogP contribution >= 0.6 is 0 Å². The number of amides is 1. The Labute approximate surface area is 258 Å². The second-order valence-corrected chi connectivity index (χ2v) is 11.9. The van der Waals surface area contributed by atoms with Crippen molar-refractivity contribution in [3.8, 4) is 11.4 Å². The summed E-state index contributed by atoms with van der Waals surface area (Å²) in [5.74, 6) is 1.36. The van der Waals surface area contributed by atoms with Crippen LogP contribution in [0.3, 0.4) is 0 Å². The van der Waals surface area contributed by atoms with Gasteiger partial charge in [0.05, 0.1) is 12.0 Å². The number of phenolic OH excluding ortho intramolecular Hbond substituents is 1. The van der Waals surface area contributed by atoms with Crippen molar-refractivity contribution < 1.29 is 9.90 Å². The van der Waals surface area contributed by atoms with Gasteiger partial charge in [0.25, 0.3) is 5.91 Å². The number of imidazole rings is 1. The lowest BCUT2D eigenvalue weighted by Crippen LogP contribution is -2.50. The van der Waals surface area contributed by atoms with Crippen LogP contribution in [0.4, 0.5) is 17.5 Å². The average Bonchev–Trinajstić information content (AvgIpc) is 3.45. The number of anilines is 3. The number of hydrogen-bond acceptors (Lipinski definition) is 9. The summed E-state index contributed by atoms with van der Waals surface area (Å²) in [5, 5.41) is 13.2. The van der Waals surface area contributed by atoms with E-state index < -0.39 is 0 Å². The molecule has 11 nitrogen and oxygen atoms in total. The molecule has 4 aromatic rings. The van der Waals surface area contributed by atoms with Crippen LogP contribution in [0.15, 0.2) is 67.3 Å². The SMILES string of the molecule is CCNc1ncc2c(n1)N(C)CCN(c1cccc(-n3cnc(CN4CCC(c5cccc(O)c5)(N(C)C)CC4)c3)c1)C2=O. The monoisotopic (exact) mass is 595 g/mol. The van der Waals surface area contributed by atoms with E-state index in [0.29, 0.717) is 42.7 Å². The highest BCUT2D eigenvalue weighted by atomic mass is 16.3. The van der Waals surface area contributed by atoms with Crippen molar-refractivity contribution in [2.45, 2.75) is 31.8 Å². The Hall–Kier alpha value is -4.48. The summed E-state index contributed by atoms with van der Waals surface area (Å²) in [6, 6.07) is 15.7. The zero-order chi connectivity index (χ0) is 30.8. The van der Waals surface area contributed by atoms with E-state index in [0.717, 1.165) is 55.1 Å². The molecule has 0 aliphatic carbocycles. The molecule has 6 rings (SSSR count). The van der Waals surface area contributed by atoms with Crippen molar-refractivity contribution in [1.82, 2.24) is 29.3 Å². The van der Waals surface area contributed by atoms with Crippen LogP contribution in [0.5, 0.6) is 5.75 Å². The Balaban J connectivity index is 1.15. The number of nitrogens with one attached hydrogen (secondary N) is 1. The number of carbonyl (C=O) groups excluding carboxylic acids is 1. The highest BCUT2D eigenvalue weighted by molar-refractivity contribution is 6.09. The number of phenols is 1. The molecule has 2 N–H and O–H groups in total. The summed E-state index contributed by atoms with van der Waals surface area (Å²) in [5.41, 5.74) is 4.32. The predicted molar refractivity (Wildman–Crippen MR) is 173 cm³/mol. The first-order chi connectivity index (χ1) is 21.3. The molecule has 230 valence electrons. The number of hydrogen-bond donors (Lipinski definition) is 2. The lowest BCUT2D eigenvalue weighted by atomic mass is 9.79. The highest BCUT2D eigenvalue weighted by Crippen LogP contribution is 2.39. The molecule has 2 aliphatic rings. The van der Waals surface area contributed by atoms with Gasteiger partial charge in [-0.25, -0.2) is 9.97 Å². The Morgan fingerprint density at radius 1 is 1.00 bits per heavy atom. The Morgan fingerprint density at radius 2 is 1.77 bits per heavy atom. The number of carbonyl (C=O) groups is 1. The van der Waals surface area contributed by atoms with Crippen LogP contribution in [0.2, 0.25) is 0 Å². The van der Waals surface area contributed by atoms with Crippen molar-refractivity contribution in [2.24, 2.45) is 0 Å². The molecule has 0 atom stereocenters. The predicted octanol–water partition coefficient (Wildman–Crippen LogP) is 3.95. The van der Waals surface area contributed by atoms with Gasteiger partial charge in [0.2, 0.25) is 5.95 Å². The van der Waals surface area contributed by atoms with Crippen molar-refractivity contribution in [1.29, 1.82) is 0 Å². The van der Waals surface area contributed by atoms with Gasteiger partial charge in [0.1, 0.15) is 17.1 Å². The van der Waals surface area contributed by atoms with Gasteiger partial charge in [-0.2, -0.15) is 4.98 Å². The molecule has 2 aliphatic heterocycles. The van der Waals surface area contributed by atoms with Gasteiger partial charge in [-0.05, 0) is 69.8 Å². The van der Waals surface area contributed by atoms with Crippen LogP contribution in [0, 0.1) is 0 Å². The van der Waals surface area contributed by atoms with Gasteiger partial charge < -0.3 is 24.8 Å². The second kappa shape index (κ2) is 12.3. The summed E-state index contributed by atoms with van der Waals surface area (Å²) >= 11 is 0. The van der Waals surface area contributed by atoms with E-state index in [4.69, 9.17) is 4.98 Å². The third kappa shape index (κ3) is 5.72. The maximum absolute atomic E-state index is 13.7. The molecule has 44 heavy (non-hydrogen) atoms. The number of likely N-dealkylation sites (N-methyl/N-ethyl adjacent to an activating group) is 1. The minimum Gasteiger partial charge on any atom is -0.508 e. The number of piperidine rings is 1. The van der Waals surface area contributed by atoms with Crippen LogP contribution in [-0.2, 0) is 12.1 Å². The Morgan fingerprint density at radius 3 is 2.52 bits per heavy atom. The van der Waals surface area contributed by atoms with E-state index in [1.807, 2.05) is 66.2 Å². The lowest BCUT2D eigenvalue weighted by molar-refractivity contribution is 0.0501. The molecule has 0 bridgehead atoms. The molecule has 4 heterocycles. The summed E-state index contributed by atoms with van der Waals surface area (Å²) in [7, 11) is 6.21. The molecule has 2 aromatic carbocycles. The largest absolute Gasteiger partial charge is 0.508 e. The van der Waals surface area contributed by atoms with Gasteiger partial charge in [-0.15, -0.1) is 0 Å². The van der Waals surface area contributed by atoms with E-state index in [-0.39, 0.29) is 11.4 Å². The normalized spacial score (nSPS) is 17.1. The van der Waals surface area contributed by atoms with E-state index >= 15 is 0 Å². The fraction of sp³-hybridized carbons (Fsp3) is 0.394. The molecule has 11 heteroatoms. The average molecular weight is 596 g/mol. The molecule has 0 unspecified atom stereocenters. The minimum absolute atomic E-state index is 0.101. The highest BCUT2D eigenvalue weighted by Gasteiger charge is 2.38. The smallest absolute Gasteiger partial charge is 0.263 e. The van der Waals surface area contributed by atoms with E-state index in [9.17, 15) is 9.90 Å². The van der Waals surface area contributed by atoms with Crippen molar-refractivity contribution in [2.75, 3.05) is 69.0 Å². The topological polar surface area (TPSA) is 106 Å². The zero-order valence-corrected chi connectivity index (χ0v) is 25.9.